The smallest absolute Gasteiger partial charge is 0.201 e. The number of carbonyl (C=O) groups excluding carboxylic acids is 1. The summed E-state index contributed by atoms with van der Waals surface area (Å²) in [6.45, 7) is 0.961. The molecule has 1 aromatic heterocycles. The molecule has 0 spiro atoms. The van der Waals surface area contributed by atoms with Gasteiger partial charge in [0.2, 0.25) is 5.78 Å². The largest absolute Gasteiger partial charge is 0.488 e. The lowest BCUT2D eigenvalue weighted by Gasteiger charge is -2.25. The van der Waals surface area contributed by atoms with Gasteiger partial charge in [0, 0.05) is 12.4 Å². The van der Waals surface area contributed by atoms with E-state index in [9.17, 15) is 4.79 Å². The minimum Gasteiger partial charge on any atom is -0.488 e. The summed E-state index contributed by atoms with van der Waals surface area (Å²) in [6.07, 6.45) is 0. The maximum Gasteiger partial charge on any atom is 0.201 e. The fourth-order valence-corrected chi connectivity index (χ4v) is 2.39. The van der Waals surface area contributed by atoms with Gasteiger partial charge in [0.15, 0.2) is 5.75 Å². The number of aliphatic hydroxyl groups is 1. The average molecular weight is 213 g/mol. The Bertz CT molecular complexity index is 361. The number of aliphatic hydroxyl groups excluding tert-OH is 1. The number of likely N-dealkylation sites (N-methyl/N-ethyl adjacent to an activating group) is 1. The van der Waals surface area contributed by atoms with Gasteiger partial charge in [-0.15, -0.1) is 11.3 Å². The third-order valence-electron chi connectivity index (χ3n) is 2.21. The van der Waals surface area contributed by atoms with Crippen molar-refractivity contribution < 1.29 is 14.6 Å². The lowest BCUT2D eigenvalue weighted by atomic mass is 10.2. The normalized spacial score (nSPS) is 14.9. The fourth-order valence-electron chi connectivity index (χ4n) is 1.41. The number of carbonyl (C=O) groups is 1. The second kappa shape index (κ2) is 3.59. The van der Waals surface area contributed by atoms with E-state index in [1.165, 1.54) is 11.3 Å². The highest BCUT2D eigenvalue weighted by Crippen LogP contribution is 2.39. The van der Waals surface area contributed by atoms with Crippen molar-refractivity contribution in [2.75, 3.05) is 31.7 Å². The second-order valence-electron chi connectivity index (χ2n) is 3.13. The molecule has 0 aromatic carbocycles. The molecule has 0 fully saturated rings. The van der Waals surface area contributed by atoms with Gasteiger partial charge in [-0.25, -0.2) is 0 Å². The predicted octanol–water partition coefficient (Wildman–Crippen LogP) is 0.752. The van der Waals surface area contributed by atoms with Gasteiger partial charge < -0.3 is 14.7 Å². The molecule has 2 heterocycles. The molecule has 0 aliphatic carbocycles. The standard InChI is InChI=1S/C9H11NO3S/c1-10-2-3-13-8-6(10)5-14-9(8)7(12)4-11/h5,11H,2-4H2,1H3. The molecule has 5 heteroatoms. The van der Waals surface area contributed by atoms with Crippen LogP contribution in [0.15, 0.2) is 5.38 Å². The number of ketones is 1. The average Bonchev–Trinajstić information content (AvgIpc) is 2.62. The van der Waals surface area contributed by atoms with Crippen molar-refractivity contribution in [3.63, 3.8) is 0 Å². The number of hydrogen-bond donors (Lipinski definition) is 1. The molecule has 1 aromatic rings. The van der Waals surface area contributed by atoms with Gasteiger partial charge in [-0.1, -0.05) is 0 Å². The van der Waals surface area contributed by atoms with Gasteiger partial charge in [-0.05, 0) is 0 Å². The van der Waals surface area contributed by atoms with E-state index in [1.54, 1.807) is 0 Å². The molecule has 1 aliphatic heterocycles. The number of hydrogen-bond acceptors (Lipinski definition) is 5. The Morgan fingerprint density at radius 3 is 3.29 bits per heavy atom. The highest BCUT2D eigenvalue weighted by Gasteiger charge is 2.23. The second-order valence-corrected chi connectivity index (χ2v) is 4.01. The van der Waals surface area contributed by atoms with Crippen LogP contribution in [-0.2, 0) is 0 Å². The van der Waals surface area contributed by atoms with Crippen LogP contribution < -0.4 is 9.64 Å². The van der Waals surface area contributed by atoms with E-state index in [4.69, 9.17) is 9.84 Å². The van der Waals surface area contributed by atoms with Gasteiger partial charge >= 0.3 is 0 Å². The quantitative estimate of drug-likeness (QED) is 0.737. The summed E-state index contributed by atoms with van der Waals surface area (Å²) in [5.74, 6) is 0.356. The maximum absolute atomic E-state index is 11.3. The molecule has 1 aliphatic rings. The summed E-state index contributed by atoms with van der Waals surface area (Å²) < 4.78 is 5.42. The van der Waals surface area contributed by atoms with Crippen molar-refractivity contribution in [2.45, 2.75) is 0 Å². The van der Waals surface area contributed by atoms with E-state index >= 15 is 0 Å². The molecular weight excluding hydrogens is 202 g/mol. The molecule has 4 nitrogen and oxygen atoms in total. The van der Waals surface area contributed by atoms with Gasteiger partial charge in [-0.3, -0.25) is 4.79 Å². The van der Waals surface area contributed by atoms with Crippen molar-refractivity contribution >= 4 is 22.8 Å². The van der Waals surface area contributed by atoms with E-state index in [1.807, 2.05) is 17.3 Å². The van der Waals surface area contributed by atoms with E-state index in [0.29, 0.717) is 17.2 Å². The monoisotopic (exact) mass is 213 g/mol. The fraction of sp³-hybridized carbons (Fsp3) is 0.444. The Morgan fingerprint density at radius 1 is 1.79 bits per heavy atom. The molecular formula is C9H11NO3S. The van der Waals surface area contributed by atoms with Crippen molar-refractivity contribution in [3.05, 3.63) is 10.3 Å². The topological polar surface area (TPSA) is 49.8 Å². The summed E-state index contributed by atoms with van der Waals surface area (Å²) in [6, 6.07) is 0. The number of Topliss-reactive ketones (excluding diaryl/α,β-unsaturated/α-hetero) is 1. The molecule has 14 heavy (non-hydrogen) atoms. The summed E-state index contributed by atoms with van der Waals surface area (Å²) >= 11 is 1.33. The Morgan fingerprint density at radius 2 is 2.57 bits per heavy atom. The molecule has 1 N–H and O–H groups in total. The van der Waals surface area contributed by atoms with Crippen LogP contribution in [0.2, 0.25) is 0 Å². The van der Waals surface area contributed by atoms with Crippen LogP contribution in [0.5, 0.6) is 5.75 Å². The Balaban J connectivity index is 2.40. The summed E-state index contributed by atoms with van der Waals surface area (Å²) in [7, 11) is 1.96. The van der Waals surface area contributed by atoms with E-state index in [-0.39, 0.29) is 5.78 Å². The van der Waals surface area contributed by atoms with Gasteiger partial charge in [0.25, 0.3) is 0 Å². The first-order valence-corrected chi connectivity index (χ1v) is 5.21. The Hall–Kier alpha value is -1.07. The van der Waals surface area contributed by atoms with Crippen LogP contribution in [-0.4, -0.2) is 37.7 Å². The SMILES string of the molecule is CN1CCOc2c1csc2C(=O)CO. The lowest BCUT2D eigenvalue weighted by molar-refractivity contribution is 0.0904. The Labute approximate surface area is 85.7 Å². The van der Waals surface area contributed by atoms with Crippen LogP contribution in [0.3, 0.4) is 0 Å². The molecule has 0 radical (unpaired) electrons. The first kappa shape index (κ1) is 9.48. The molecule has 76 valence electrons. The Kier molecular flexibility index (Phi) is 2.43. The number of ether oxygens (including phenoxy) is 1. The molecule has 2 rings (SSSR count). The molecule has 0 saturated carbocycles. The van der Waals surface area contributed by atoms with Crippen molar-refractivity contribution in [3.8, 4) is 5.75 Å². The van der Waals surface area contributed by atoms with Crippen LogP contribution in [0.1, 0.15) is 9.67 Å². The van der Waals surface area contributed by atoms with Crippen molar-refractivity contribution in [1.82, 2.24) is 0 Å². The zero-order valence-electron chi connectivity index (χ0n) is 7.82. The highest BCUT2D eigenvalue weighted by molar-refractivity contribution is 7.13. The van der Waals surface area contributed by atoms with Crippen LogP contribution in [0.4, 0.5) is 5.69 Å². The van der Waals surface area contributed by atoms with Crippen LogP contribution in [0.25, 0.3) is 0 Å². The van der Waals surface area contributed by atoms with Crippen LogP contribution >= 0.6 is 11.3 Å². The highest BCUT2D eigenvalue weighted by atomic mass is 32.1. The molecule has 0 amide bonds. The molecule has 0 unspecified atom stereocenters. The third-order valence-corrected chi connectivity index (χ3v) is 3.20. The van der Waals surface area contributed by atoms with Gasteiger partial charge in [-0.2, -0.15) is 0 Å². The van der Waals surface area contributed by atoms with Crippen molar-refractivity contribution in [2.24, 2.45) is 0 Å². The zero-order chi connectivity index (χ0) is 10.1. The van der Waals surface area contributed by atoms with E-state index < -0.39 is 6.61 Å². The minimum atomic E-state index is -0.458. The lowest BCUT2D eigenvalue weighted by Crippen LogP contribution is -2.28. The molecule has 0 saturated heterocycles. The zero-order valence-corrected chi connectivity index (χ0v) is 8.63. The van der Waals surface area contributed by atoms with Gasteiger partial charge in [0.1, 0.15) is 18.1 Å². The number of rotatable bonds is 2. The third kappa shape index (κ3) is 1.38. The number of fused-ring (bicyclic) bond motifs is 1. The number of nitrogens with zero attached hydrogens (tertiary/aromatic N) is 1. The van der Waals surface area contributed by atoms with Crippen molar-refractivity contribution in [1.29, 1.82) is 0 Å². The van der Waals surface area contributed by atoms with E-state index in [0.717, 1.165) is 12.2 Å². The van der Waals surface area contributed by atoms with E-state index in [2.05, 4.69) is 0 Å². The summed E-state index contributed by atoms with van der Waals surface area (Å²) in [5, 5.41) is 10.6. The maximum atomic E-state index is 11.3. The number of anilines is 1. The first-order valence-electron chi connectivity index (χ1n) is 4.33. The van der Waals surface area contributed by atoms with Crippen LogP contribution in [0, 0.1) is 0 Å². The predicted molar refractivity (Wildman–Crippen MR) is 54.5 cm³/mol. The number of thiophene rings is 1. The summed E-state index contributed by atoms with van der Waals surface area (Å²) in [5.41, 5.74) is 0.943. The molecule has 0 atom stereocenters. The molecule has 0 bridgehead atoms. The van der Waals surface area contributed by atoms with Gasteiger partial charge in [0.05, 0.1) is 12.2 Å². The minimum absolute atomic E-state index is 0.272. The summed E-state index contributed by atoms with van der Waals surface area (Å²) in [4.78, 5) is 13.9. The first-order chi connectivity index (χ1) is 6.74.